The number of urea groups is 1. The third-order valence-corrected chi connectivity index (χ3v) is 4.20. The standard InChI is InChI=1S/C15H18Cl2N4O2S/c1-15(2,23)8-21(3)14(22)18-13-20-19-12(24-13)6-9-4-10(16)7-11(17)5-9/h4-5,7,23H,6,8H2,1-3H3,(H,18,20,22). The normalized spacial score (nSPS) is 11.4. The van der Waals surface area contributed by atoms with Gasteiger partial charge < -0.3 is 10.0 Å². The molecule has 0 atom stereocenters. The topological polar surface area (TPSA) is 78.4 Å². The predicted octanol–water partition coefficient (Wildman–Crippen LogP) is 3.67. The molecule has 2 aromatic rings. The van der Waals surface area contributed by atoms with Crippen LogP contribution in [0, 0.1) is 0 Å². The van der Waals surface area contributed by atoms with Gasteiger partial charge in [0.25, 0.3) is 0 Å². The number of amides is 2. The quantitative estimate of drug-likeness (QED) is 0.818. The van der Waals surface area contributed by atoms with Crippen LogP contribution in [-0.2, 0) is 6.42 Å². The number of rotatable bonds is 5. The number of likely N-dealkylation sites (N-methyl/N-ethyl adjacent to an activating group) is 1. The van der Waals surface area contributed by atoms with E-state index in [-0.39, 0.29) is 12.6 Å². The van der Waals surface area contributed by atoms with E-state index in [0.717, 1.165) is 10.6 Å². The second kappa shape index (κ2) is 7.65. The van der Waals surface area contributed by atoms with Crippen molar-refractivity contribution in [1.82, 2.24) is 15.1 Å². The number of hydrogen-bond donors (Lipinski definition) is 2. The first kappa shape index (κ1) is 18.9. The maximum atomic E-state index is 12.1. The summed E-state index contributed by atoms with van der Waals surface area (Å²) in [4.78, 5) is 13.4. The Bertz CT molecular complexity index is 710. The highest BCUT2D eigenvalue weighted by Gasteiger charge is 2.20. The van der Waals surface area contributed by atoms with E-state index in [2.05, 4.69) is 15.5 Å². The summed E-state index contributed by atoms with van der Waals surface area (Å²) in [5, 5.41) is 22.7. The summed E-state index contributed by atoms with van der Waals surface area (Å²) in [6, 6.07) is 4.93. The van der Waals surface area contributed by atoms with Gasteiger partial charge in [-0.3, -0.25) is 5.32 Å². The monoisotopic (exact) mass is 388 g/mol. The zero-order valence-corrected chi connectivity index (χ0v) is 15.8. The van der Waals surface area contributed by atoms with Gasteiger partial charge in [0.15, 0.2) is 0 Å². The lowest BCUT2D eigenvalue weighted by Crippen LogP contribution is -2.41. The van der Waals surface area contributed by atoms with E-state index in [0.29, 0.717) is 21.6 Å². The van der Waals surface area contributed by atoms with Crippen LogP contribution in [0.3, 0.4) is 0 Å². The Balaban J connectivity index is 1.99. The molecule has 24 heavy (non-hydrogen) atoms. The summed E-state index contributed by atoms with van der Waals surface area (Å²) in [7, 11) is 1.60. The molecular formula is C15H18Cl2N4O2S. The van der Waals surface area contributed by atoms with E-state index in [4.69, 9.17) is 23.2 Å². The first-order valence-electron chi connectivity index (χ1n) is 7.14. The molecule has 0 saturated heterocycles. The van der Waals surface area contributed by atoms with Crippen molar-refractivity contribution in [3.63, 3.8) is 0 Å². The van der Waals surface area contributed by atoms with Gasteiger partial charge in [0.05, 0.1) is 12.1 Å². The fourth-order valence-corrected chi connectivity index (χ4v) is 3.44. The minimum absolute atomic E-state index is 0.200. The Kier molecular flexibility index (Phi) is 6.03. The van der Waals surface area contributed by atoms with Crippen LogP contribution < -0.4 is 5.32 Å². The summed E-state index contributed by atoms with van der Waals surface area (Å²) in [5.41, 5.74) is -0.0507. The molecule has 2 rings (SSSR count). The lowest BCUT2D eigenvalue weighted by atomic mass is 10.1. The third kappa shape index (κ3) is 5.90. The molecule has 2 N–H and O–H groups in total. The minimum atomic E-state index is -0.968. The maximum Gasteiger partial charge on any atom is 0.323 e. The Morgan fingerprint density at radius 2 is 1.92 bits per heavy atom. The first-order valence-corrected chi connectivity index (χ1v) is 8.71. The molecule has 0 unspecified atom stereocenters. The van der Waals surface area contributed by atoms with Crippen LogP contribution in [0.15, 0.2) is 18.2 Å². The molecule has 0 bridgehead atoms. The van der Waals surface area contributed by atoms with Crippen molar-refractivity contribution >= 4 is 45.7 Å². The van der Waals surface area contributed by atoms with Gasteiger partial charge in [0.1, 0.15) is 5.01 Å². The highest BCUT2D eigenvalue weighted by Crippen LogP contribution is 2.23. The highest BCUT2D eigenvalue weighted by molar-refractivity contribution is 7.15. The molecule has 1 heterocycles. The number of aromatic nitrogens is 2. The van der Waals surface area contributed by atoms with Gasteiger partial charge in [-0.25, -0.2) is 4.79 Å². The van der Waals surface area contributed by atoms with Gasteiger partial charge in [-0.2, -0.15) is 0 Å². The molecule has 0 aliphatic carbocycles. The molecule has 0 radical (unpaired) electrons. The second-order valence-electron chi connectivity index (χ2n) is 6.05. The average Bonchev–Trinajstić information content (AvgIpc) is 2.82. The minimum Gasteiger partial charge on any atom is -0.389 e. The summed E-state index contributed by atoms with van der Waals surface area (Å²) in [5.74, 6) is 0. The Morgan fingerprint density at radius 1 is 1.29 bits per heavy atom. The number of carbonyl (C=O) groups is 1. The predicted molar refractivity (Wildman–Crippen MR) is 97.1 cm³/mol. The first-order chi connectivity index (χ1) is 11.1. The van der Waals surface area contributed by atoms with Gasteiger partial charge in [0, 0.05) is 23.5 Å². The van der Waals surface area contributed by atoms with Crippen molar-refractivity contribution in [2.24, 2.45) is 0 Å². The molecular weight excluding hydrogens is 371 g/mol. The summed E-state index contributed by atoms with van der Waals surface area (Å²) in [6.45, 7) is 3.47. The van der Waals surface area contributed by atoms with Gasteiger partial charge in [0.2, 0.25) is 5.13 Å². The maximum absolute atomic E-state index is 12.1. The molecule has 130 valence electrons. The Labute approximate surface area is 154 Å². The number of carbonyl (C=O) groups excluding carboxylic acids is 1. The zero-order chi connectivity index (χ0) is 17.9. The van der Waals surface area contributed by atoms with Crippen LogP contribution in [0.25, 0.3) is 0 Å². The van der Waals surface area contributed by atoms with Crippen molar-refractivity contribution in [2.45, 2.75) is 25.9 Å². The van der Waals surface area contributed by atoms with E-state index in [1.165, 1.54) is 16.2 Å². The number of hydrogen-bond acceptors (Lipinski definition) is 5. The van der Waals surface area contributed by atoms with E-state index in [9.17, 15) is 9.90 Å². The second-order valence-corrected chi connectivity index (χ2v) is 7.99. The number of benzene rings is 1. The molecule has 2 amide bonds. The van der Waals surface area contributed by atoms with Crippen LogP contribution in [0.1, 0.15) is 24.4 Å². The van der Waals surface area contributed by atoms with E-state index >= 15 is 0 Å². The lowest BCUT2D eigenvalue weighted by Gasteiger charge is -2.25. The van der Waals surface area contributed by atoms with Crippen molar-refractivity contribution in [3.8, 4) is 0 Å². The van der Waals surface area contributed by atoms with Crippen molar-refractivity contribution in [1.29, 1.82) is 0 Å². The third-order valence-electron chi connectivity index (χ3n) is 2.93. The van der Waals surface area contributed by atoms with E-state index in [1.54, 1.807) is 27.0 Å². The number of nitrogens with one attached hydrogen (secondary N) is 1. The molecule has 0 aliphatic heterocycles. The number of halogens is 2. The number of nitrogens with zero attached hydrogens (tertiary/aromatic N) is 3. The van der Waals surface area contributed by atoms with Crippen LogP contribution in [0.2, 0.25) is 10.0 Å². The van der Waals surface area contributed by atoms with Crippen LogP contribution >= 0.6 is 34.5 Å². The molecule has 6 nitrogen and oxygen atoms in total. The SMILES string of the molecule is CN(CC(C)(C)O)C(=O)Nc1nnc(Cc2cc(Cl)cc(Cl)c2)s1. The zero-order valence-electron chi connectivity index (χ0n) is 13.5. The summed E-state index contributed by atoms with van der Waals surface area (Å²) in [6.07, 6.45) is 0.521. The van der Waals surface area contributed by atoms with E-state index in [1.807, 2.05) is 12.1 Å². The van der Waals surface area contributed by atoms with Crippen molar-refractivity contribution in [3.05, 3.63) is 38.8 Å². The fourth-order valence-electron chi connectivity index (χ4n) is 2.10. The summed E-state index contributed by atoms with van der Waals surface area (Å²) < 4.78 is 0. The lowest BCUT2D eigenvalue weighted by molar-refractivity contribution is 0.0550. The van der Waals surface area contributed by atoms with Crippen molar-refractivity contribution < 1.29 is 9.90 Å². The Hall–Kier alpha value is -1.41. The number of aliphatic hydroxyl groups is 1. The van der Waals surface area contributed by atoms with Gasteiger partial charge in [-0.1, -0.05) is 34.5 Å². The molecule has 0 fully saturated rings. The molecule has 0 saturated carbocycles. The average molecular weight is 389 g/mol. The van der Waals surface area contributed by atoms with Gasteiger partial charge >= 0.3 is 6.03 Å². The molecule has 1 aromatic heterocycles. The smallest absolute Gasteiger partial charge is 0.323 e. The summed E-state index contributed by atoms with van der Waals surface area (Å²) >= 11 is 13.2. The largest absolute Gasteiger partial charge is 0.389 e. The number of anilines is 1. The fraction of sp³-hybridized carbons (Fsp3) is 0.400. The molecule has 1 aromatic carbocycles. The molecule has 0 spiro atoms. The van der Waals surface area contributed by atoms with Crippen LogP contribution in [0.5, 0.6) is 0 Å². The van der Waals surface area contributed by atoms with Crippen molar-refractivity contribution in [2.75, 3.05) is 18.9 Å². The highest BCUT2D eigenvalue weighted by atomic mass is 35.5. The van der Waals surface area contributed by atoms with Gasteiger partial charge in [-0.05, 0) is 37.6 Å². The van der Waals surface area contributed by atoms with Gasteiger partial charge in [-0.15, -0.1) is 10.2 Å². The molecule has 0 aliphatic rings. The van der Waals surface area contributed by atoms with Crippen LogP contribution in [-0.4, -0.2) is 45.4 Å². The Morgan fingerprint density at radius 3 is 2.50 bits per heavy atom. The molecule has 9 heteroatoms. The van der Waals surface area contributed by atoms with Crippen LogP contribution in [0.4, 0.5) is 9.93 Å². The van der Waals surface area contributed by atoms with E-state index < -0.39 is 5.60 Å².